The minimum Gasteiger partial charge on any atom is -0.491 e. The maximum atomic E-state index is 9.95. The summed E-state index contributed by atoms with van der Waals surface area (Å²) in [6.45, 7) is 0.578. The Balaban J connectivity index is 1.82. The summed E-state index contributed by atoms with van der Waals surface area (Å²) < 4.78 is 7.37. The summed E-state index contributed by atoms with van der Waals surface area (Å²) in [5.41, 5.74) is 0.837. The van der Waals surface area contributed by atoms with Gasteiger partial charge in [-0.3, -0.25) is 0 Å². The van der Waals surface area contributed by atoms with Gasteiger partial charge in [0.15, 0.2) is 0 Å². The first-order chi connectivity index (χ1) is 10.0. The number of hydrogen-bond donors (Lipinski definition) is 2. The van der Waals surface area contributed by atoms with Crippen molar-refractivity contribution in [1.29, 1.82) is 0 Å². The van der Waals surface area contributed by atoms with Gasteiger partial charge in [0.1, 0.15) is 18.5 Å². The highest BCUT2D eigenvalue weighted by molar-refractivity contribution is 9.10. The summed E-state index contributed by atoms with van der Waals surface area (Å²) >= 11 is 12.7. The van der Waals surface area contributed by atoms with Crippen molar-refractivity contribution in [2.75, 3.05) is 18.5 Å². The summed E-state index contributed by atoms with van der Waals surface area (Å²) in [4.78, 5) is 0. The average Bonchev–Trinajstić information content (AvgIpc) is 2.46. The van der Waals surface area contributed by atoms with Gasteiger partial charge in [0.25, 0.3) is 0 Å². The molecule has 1 unspecified atom stereocenters. The summed E-state index contributed by atoms with van der Waals surface area (Å²) in [7, 11) is 0. The second-order valence-corrected chi connectivity index (χ2v) is 6.63. The second-order valence-electron chi connectivity index (χ2n) is 4.43. The molecule has 2 aromatic rings. The molecule has 0 spiro atoms. The maximum absolute atomic E-state index is 9.95. The van der Waals surface area contributed by atoms with E-state index < -0.39 is 6.10 Å². The molecule has 21 heavy (non-hydrogen) atoms. The molecule has 0 fully saturated rings. The van der Waals surface area contributed by atoms with Crippen LogP contribution >= 0.6 is 43.5 Å². The lowest BCUT2D eigenvalue weighted by Gasteiger charge is -2.15. The number of rotatable bonds is 6. The molecule has 2 aromatic carbocycles. The lowest BCUT2D eigenvalue weighted by Crippen LogP contribution is -2.26. The van der Waals surface area contributed by atoms with Crippen LogP contribution in [0.15, 0.2) is 51.4 Å². The summed E-state index contributed by atoms with van der Waals surface area (Å²) in [5, 5.41) is 13.7. The molecule has 2 N–H and O–H groups in total. The summed E-state index contributed by atoms with van der Waals surface area (Å²) in [6.07, 6.45) is -0.630. The monoisotopic (exact) mass is 433 g/mol. The van der Waals surface area contributed by atoms with E-state index in [0.29, 0.717) is 17.3 Å². The van der Waals surface area contributed by atoms with Crippen LogP contribution in [0.5, 0.6) is 5.75 Å². The highest BCUT2D eigenvalue weighted by Crippen LogP contribution is 2.25. The Morgan fingerprint density at radius 3 is 2.76 bits per heavy atom. The minimum atomic E-state index is -0.630. The maximum Gasteiger partial charge on any atom is 0.120 e. The molecular weight excluding hydrogens is 421 g/mol. The van der Waals surface area contributed by atoms with Gasteiger partial charge in [-0.2, -0.15) is 0 Å². The lowest BCUT2D eigenvalue weighted by atomic mass is 10.3. The van der Waals surface area contributed by atoms with E-state index >= 15 is 0 Å². The van der Waals surface area contributed by atoms with Crippen molar-refractivity contribution in [1.82, 2.24) is 0 Å². The number of nitrogens with one attached hydrogen (secondary N) is 1. The SMILES string of the molecule is OC(CNc1cc(Cl)ccc1Br)COc1cccc(Br)c1. The molecule has 1 atom stereocenters. The van der Waals surface area contributed by atoms with Gasteiger partial charge in [-0.05, 0) is 52.3 Å². The predicted octanol–water partition coefficient (Wildman–Crippen LogP) is 4.72. The molecule has 0 radical (unpaired) electrons. The zero-order valence-electron chi connectivity index (χ0n) is 11.0. The van der Waals surface area contributed by atoms with E-state index in [9.17, 15) is 5.11 Å². The van der Waals surface area contributed by atoms with E-state index in [1.54, 1.807) is 12.1 Å². The van der Waals surface area contributed by atoms with Crippen LogP contribution in [0.1, 0.15) is 0 Å². The van der Waals surface area contributed by atoms with Crippen molar-refractivity contribution in [3.05, 3.63) is 56.4 Å². The molecule has 0 aliphatic carbocycles. The first-order valence-electron chi connectivity index (χ1n) is 6.30. The van der Waals surface area contributed by atoms with Gasteiger partial charge in [-0.15, -0.1) is 0 Å². The van der Waals surface area contributed by atoms with Gasteiger partial charge >= 0.3 is 0 Å². The van der Waals surface area contributed by atoms with Gasteiger partial charge in [-0.25, -0.2) is 0 Å². The first kappa shape index (κ1) is 16.6. The van der Waals surface area contributed by atoms with Crippen LogP contribution in [0, 0.1) is 0 Å². The Bertz CT molecular complexity index is 610. The first-order valence-corrected chi connectivity index (χ1v) is 8.26. The zero-order valence-corrected chi connectivity index (χ0v) is 15.0. The van der Waals surface area contributed by atoms with Crippen molar-refractivity contribution >= 4 is 49.1 Å². The fraction of sp³-hybridized carbons (Fsp3) is 0.200. The van der Waals surface area contributed by atoms with Crippen LogP contribution < -0.4 is 10.1 Å². The van der Waals surface area contributed by atoms with E-state index in [1.165, 1.54) is 0 Å². The Kier molecular flexibility index (Phi) is 6.36. The molecular formula is C15H14Br2ClNO2. The summed E-state index contributed by atoms with van der Waals surface area (Å²) in [5.74, 6) is 0.715. The van der Waals surface area contributed by atoms with E-state index in [-0.39, 0.29) is 6.61 Å². The van der Waals surface area contributed by atoms with E-state index in [2.05, 4.69) is 37.2 Å². The average molecular weight is 436 g/mol. The van der Waals surface area contributed by atoms with Gasteiger partial charge < -0.3 is 15.2 Å². The third-order valence-corrected chi connectivity index (χ3v) is 4.11. The fourth-order valence-corrected chi connectivity index (χ4v) is 2.61. The Hall–Kier alpha value is -0.750. The molecule has 2 rings (SSSR count). The number of hydrogen-bond acceptors (Lipinski definition) is 3. The molecule has 0 saturated heterocycles. The van der Waals surface area contributed by atoms with Crippen LogP contribution in [0.2, 0.25) is 5.02 Å². The molecule has 0 bridgehead atoms. The second kappa shape index (κ2) is 8.03. The van der Waals surface area contributed by atoms with Crippen LogP contribution in [0.3, 0.4) is 0 Å². The Labute approximate surface area is 145 Å². The van der Waals surface area contributed by atoms with Crippen LogP contribution in [-0.2, 0) is 0 Å². The number of aliphatic hydroxyl groups is 1. The van der Waals surface area contributed by atoms with Crippen molar-refractivity contribution in [3.63, 3.8) is 0 Å². The normalized spacial score (nSPS) is 12.0. The number of benzene rings is 2. The zero-order chi connectivity index (χ0) is 15.2. The molecule has 0 amide bonds. The molecule has 0 aliphatic heterocycles. The van der Waals surface area contributed by atoms with E-state index in [4.69, 9.17) is 16.3 Å². The van der Waals surface area contributed by atoms with Crippen molar-refractivity contribution in [3.8, 4) is 5.75 Å². The molecule has 0 saturated carbocycles. The van der Waals surface area contributed by atoms with E-state index in [0.717, 1.165) is 14.6 Å². The van der Waals surface area contributed by atoms with Crippen LogP contribution in [0.4, 0.5) is 5.69 Å². The number of aliphatic hydroxyl groups excluding tert-OH is 1. The Morgan fingerprint density at radius 2 is 2.00 bits per heavy atom. The van der Waals surface area contributed by atoms with Crippen molar-refractivity contribution in [2.45, 2.75) is 6.10 Å². The third kappa shape index (κ3) is 5.51. The van der Waals surface area contributed by atoms with Crippen molar-refractivity contribution < 1.29 is 9.84 Å². The number of halogens is 3. The highest BCUT2D eigenvalue weighted by atomic mass is 79.9. The number of anilines is 1. The van der Waals surface area contributed by atoms with Gasteiger partial charge in [0.05, 0.1) is 0 Å². The predicted molar refractivity (Wildman–Crippen MR) is 93.3 cm³/mol. The van der Waals surface area contributed by atoms with Gasteiger partial charge in [0, 0.05) is 26.2 Å². The van der Waals surface area contributed by atoms with Crippen LogP contribution in [0.25, 0.3) is 0 Å². The van der Waals surface area contributed by atoms with Gasteiger partial charge in [-0.1, -0.05) is 33.6 Å². The smallest absolute Gasteiger partial charge is 0.120 e. The van der Waals surface area contributed by atoms with Gasteiger partial charge in [0.2, 0.25) is 0 Å². The minimum absolute atomic E-state index is 0.210. The molecule has 112 valence electrons. The standard InChI is InChI=1S/C15H14Br2ClNO2/c16-10-2-1-3-13(6-10)21-9-12(20)8-19-15-7-11(18)4-5-14(15)17/h1-7,12,19-20H,8-9H2. The molecule has 0 heterocycles. The largest absolute Gasteiger partial charge is 0.491 e. The molecule has 3 nitrogen and oxygen atoms in total. The van der Waals surface area contributed by atoms with Crippen molar-refractivity contribution in [2.24, 2.45) is 0 Å². The van der Waals surface area contributed by atoms with Crippen LogP contribution in [-0.4, -0.2) is 24.4 Å². The fourth-order valence-electron chi connectivity index (χ4n) is 1.67. The molecule has 0 aliphatic rings. The molecule has 0 aromatic heterocycles. The Morgan fingerprint density at radius 1 is 1.19 bits per heavy atom. The van der Waals surface area contributed by atoms with E-state index in [1.807, 2.05) is 30.3 Å². The lowest BCUT2D eigenvalue weighted by molar-refractivity contribution is 0.117. The summed E-state index contributed by atoms with van der Waals surface area (Å²) in [6, 6.07) is 13.0. The number of ether oxygens (including phenoxy) is 1. The third-order valence-electron chi connectivity index (χ3n) is 2.70. The quantitative estimate of drug-likeness (QED) is 0.690. The highest BCUT2D eigenvalue weighted by Gasteiger charge is 2.07. The topological polar surface area (TPSA) is 41.5 Å². The molecule has 6 heteroatoms.